The van der Waals surface area contributed by atoms with Crippen molar-refractivity contribution in [3.8, 4) is 5.75 Å². The number of carbonyl (C=O) groups excluding carboxylic acids is 2. The highest BCUT2D eigenvalue weighted by Gasteiger charge is 2.34. The molecule has 0 spiro atoms. The van der Waals surface area contributed by atoms with Crippen molar-refractivity contribution in [1.82, 2.24) is 10.2 Å². The van der Waals surface area contributed by atoms with Gasteiger partial charge in [0.2, 0.25) is 11.8 Å². The first-order valence-electron chi connectivity index (χ1n) is 14.6. The van der Waals surface area contributed by atoms with Gasteiger partial charge in [0.05, 0.1) is 17.7 Å². The highest BCUT2D eigenvalue weighted by atomic mass is 35.5. The number of nitrogens with zero attached hydrogens (tertiary/aromatic N) is 2. The van der Waals surface area contributed by atoms with Gasteiger partial charge >= 0.3 is 0 Å². The Morgan fingerprint density at radius 2 is 1.63 bits per heavy atom. The van der Waals surface area contributed by atoms with Gasteiger partial charge in [-0.15, -0.1) is 0 Å². The maximum absolute atomic E-state index is 14.2. The van der Waals surface area contributed by atoms with E-state index < -0.39 is 28.5 Å². The third kappa shape index (κ3) is 8.09. The van der Waals surface area contributed by atoms with Crippen LogP contribution < -0.4 is 14.4 Å². The third-order valence-electron chi connectivity index (χ3n) is 7.96. The molecular weight excluding hydrogens is 586 g/mol. The Morgan fingerprint density at radius 1 is 0.977 bits per heavy atom. The van der Waals surface area contributed by atoms with Crippen LogP contribution in [0.15, 0.2) is 71.6 Å². The third-order valence-corrected chi connectivity index (χ3v) is 9.97. The number of benzene rings is 3. The van der Waals surface area contributed by atoms with Crippen molar-refractivity contribution in [2.75, 3.05) is 18.0 Å². The molecule has 0 bridgehead atoms. The molecule has 1 atom stereocenters. The summed E-state index contributed by atoms with van der Waals surface area (Å²) in [5.41, 5.74) is 2.62. The molecule has 0 aromatic heterocycles. The molecule has 0 saturated heterocycles. The number of nitrogens with one attached hydrogen (secondary N) is 1. The van der Waals surface area contributed by atoms with Gasteiger partial charge < -0.3 is 15.0 Å². The fourth-order valence-electron chi connectivity index (χ4n) is 5.28. The summed E-state index contributed by atoms with van der Waals surface area (Å²) in [7, 11) is -2.61. The van der Waals surface area contributed by atoms with E-state index in [4.69, 9.17) is 16.3 Å². The molecule has 10 heteroatoms. The van der Waals surface area contributed by atoms with E-state index in [0.717, 1.165) is 47.5 Å². The first-order chi connectivity index (χ1) is 20.5. The molecule has 0 radical (unpaired) electrons. The maximum atomic E-state index is 14.2. The molecule has 230 valence electrons. The van der Waals surface area contributed by atoms with E-state index >= 15 is 0 Å². The van der Waals surface area contributed by atoms with Crippen molar-refractivity contribution in [3.63, 3.8) is 0 Å². The Morgan fingerprint density at radius 3 is 2.26 bits per heavy atom. The zero-order valence-electron chi connectivity index (χ0n) is 25.2. The van der Waals surface area contributed by atoms with E-state index in [1.807, 2.05) is 19.1 Å². The minimum absolute atomic E-state index is 0.0510. The molecule has 3 aromatic carbocycles. The summed E-state index contributed by atoms with van der Waals surface area (Å²) in [6.07, 6.45) is 5.07. The number of sulfonamides is 1. The van der Waals surface area contributed by atoms with Crippen LogP contribution in [0.2, 0.25) is 5.02 Å². The molecule has 8 nitrogen and oxygen atoms in total. The zero-order chi connectivity index (χ0) is 31.1. The fraction of sp³-hybridized carbons (Fsp3) is 0.394. The number of hydrogen-bond acceptors (Lipinski definition) is 5. The van der Waals surface area contributed by atoms with Crippen molar-refractivity contribution in [2.24, 2.45) is 0 Å². The van der Waals surface area contributed by atoms with Crippen LogP contribution in [-0.2, 0) is 26.2 Å². The smallest absolute Gasteiger partial charge is 0.264 e. The van der Waals surface area contributed by atoms with Crippen LogP contribution in [-0.4, -0.2) is 50.9 Å². The molecule has 1 aliphatic carbocycles. The quantitative estimate of drug-likeness (QED) is 0.281. The van der Waals surface area contributed by atoms with E-state index in [2.05, 4.69) is 5.32 Å². The number of rotatable bonds is 11. The number of anilines is 1. The first kappa shape index (κ1) is 32.4. The second-order valence-corrected chi connectivity index (χ2v) is 13.4. The average molecular weight is 626 g/mol. The summed E-state index contributed by atoms with van der Waals surface area (Å²) >= 11 is 6.31. The molecule has 2 amide bonds. The largest absolute Gasteiger partial charge is 0.497 e. The Kier molecular flexibility index (Phi) is 10.7. The SMILES string of the molecule is COc1ccc(CN(C(=O)CN(c2cc(Cl)ccc2C)S(=O)(=O)c2ccc(C)cc2)[C@@H](C)C(=O)NC2CCCCC2)cc1. The highest BCUT2D eigenvalue weighted by Crippen LogP contribution is 2.30. The topological polar surface area (TPSA) is 96.0 Å². The summed E-state index contributed by atoms with van der Waals surface area (Å²) in [6, 6.07) is 17.9. The summed E-state index contributed by atoms with van der Waals surface area (Å²) in [5.74, 6) is -0.116. The molecule has 1 saturated carbocycles. The maximum Gasteiger partial charge on any atom is 0.264 e. The van der Waals surface area contributed by atoms with E-state index in [1.165, 1.54) is 17.0 Å². The van der Waals surface area contributed by atoms with Crippen molar-refractivity contribution in [1.29, 1.82) is 0 Å². The standard InChI is InChI=1S/C33H40ClN3O5S/c1-23-10-18-30(19-11-23)43(40,41)37(31-20-27(34)15-12-24(31)2)22-32(38)36(21-26-13-16-29(42-4)17-14-26)25(3)33(39)35-28-8-6-5-7-9-28/h10-20,25,28H,5-9,21-22H2,1-4H3,(H,35,39)/t25-/m0/s1. The van der Waals surface area contributed by atoms with Crippen LogP contribution in [0.25, 0.3) is 0 Å². The second-order valence-electron chi connectivity index (χ2n) is 11.1. The summed E-state index contributed by atoms with van der Waals surface area (Å²) in [4.78, 5) is 29.2. The van der Waals surface area contributed by atoms with Gasteiger partial charge in [-0.1, -0.05) is 66.8 Å². The van der Waals surface area contributed by atoms with Crippen molar-refractivity contribution in [2.45, 2.75) is 76.4 Å². The van der Waals surface area contributed by atoms with Gasteiger partial charge in [-0.2, -0.15) is 0 Å². The molecular formula is C33H40ClN3O5S. The number of carbonyl (C=O) groups is 2. The molecule has 4 rings (SSSR count). The zero-order valence-corrected chi connectivity index (χ0v) is 26.7. The van der Waals surface area contributed by atoms with E-state index in [0.29, 0.717) is 22.0 Å². The van der Waals surface area contributed by atoms with Crippen molar-refractivity contribution >= 4 is 39.1 Å². The lowest BCUT2D eigenvalue weighted by atomic mass is 9.95. The van der Waals surface area contributed by atoms with Crippen molar-refractivity contribution < 1.29 is 22.7 Å². The van der Waals surface area contributed by atoms with Gasteiger partial charge in [0, 0.05) is 17.6 Å². The molecule has 1 aliphatic rings. The van der Waals surface area contributed by atoms with E-state index in [9.17, 15) is 18.0 Å². The molecule has 3 aromatic rings. The van der Waals surface area contributed by atoms with Crippen molar-refractivity contribution in [3.05, 3.63) is 88.4 Å². The van der Waals surface area contributed by atoms with Gasteiger partial charge in [-0.3, -0.25) is 13.9 Å². The van der Waals surface area contributed by atoms with E-state index in [-0.39, 0.29) is 23.4 Å². The van der Waals surface area contributed by atoms with Gasteiger partial charge in [0.15, 0.2) is 0 Å². The summed E-state index contributed by atoms with van der Waals surface area (Å²) in [6.45, 7) is 4.91. The summed E-state index contributed by atoms with van der Waals surface area (Å²) in [5, 5.41) is 3.46. The molecule has 0 heterocycles. The number of halogens is 1. The number of aryl methyl sites for hydroxylation is 2. The minimum atomic E-state index is -4.18. The van der Waals surface area contributed by atoms with Crippen LogP contribution >= 0.6 is 11.6 Å². The average Bonchev–Trinajstić information content (AvgIpc) is 3.00. The number of hydrogen-bond donors (Lipinski definition) is 1. The predicted molar refractivity (Wildman–Crippen MR) is 170 cm³/mol. The highest BCUT2D eigenvalue weighted by molar-refractivity contribution is 7.92. The molecule has 1 fully saturated rings. The Hall–Kier alpha value is -3.56. The van der Waals surface area contributed by atoms with Crippen LogP contribution in [0.4, 0.5) is 5.69 Å². The summed E-state index contributed by atoms with van der Waals surface area (Å²) < 4.78 is 34.5. The molecule has 43 heavy (non-hydrogen) atoms. The lowest BCUT2D eigenvalue weighted by Gasteiger charge is -2.33. The van der Waals surface area contributed by atoms with Crippen LogP contribution in [0.5, 0.6) is 5.75 Å². The normalized spacial score (nSPS) is 14.5. The number of amides is 2. The Balaban J connectivity index is 1.70. The van der Waals surface area contributed by atoms with E-state index in [1.54, 1.807) is 63.4 Å². The van der Waals surface area contributed by atoms with Gasteiger partial charge in [-0.25, -0.2) is 8.42 Å². The predicted octanol–water partition coefficient (Wildman–Crippen LogP) is 6.03. The minimum Gasteiger partial charge on any atom is -0.497 e. The van der Waals surface area contributed by atoms with Crippen LogP contribution in [0, 0.1) is 13.8 Å². The fourth-order valence-corrected chi connectivity index (χ4v) is 6.92. The lowest BCUT2D eigenvalue weighted by Crippen LogP contribution is -2.53. The Labute approximate surface area is 260 Å². The molecule has 0 aliphatic heterocycles. The number of ether oxygens (including phenoxy) is 1. The van der Waals surface area contributed by atoms with Crippen LogP contribution in [0.1, 0.15) is 55.7 Å². The van der Waals surface area contributed by atoms with Gasteiger partial charge in [-0.05, 0) is 81.1 Å². The molecule has 0 unspecified atom stereocenters. The lowest BCUT2D eigenvalue weighted by molar-refractivity contribution is -0.139. The monoisotopic (exact) mass is 625 g/mol. The number of methoxy groups -OCH3 is 1. The first-order valence-corrected chi connectivity index (χ1v) is 16.4. The Bertz CT molecular complexity index is 1520. The van der Waals surface area contributed by atoms with Crippen LogP contribution in [0.3, 0.4) is 0 Å². The molecule has 1 N–H and O–H groups in total. The van der Waals surface area contributed by atoms with Gasteiger partial charge in [0.1, 0.15) is 18.3 Å². The van der Waals surface area contributed by atoms with Gasteiger partial charge in [0.25, 0.3) is 10.0 Å². The second kappa shape index (κ2) is 14.3.